The Bertz CT molecular complexity index is 353. The summed E-state index contributed by atoms with van der Waals surface area (Å²) in [4.78, 5) is 32.6. The van der Waals surface area contributed by atoms with Gasteiger partial charge in [-0.05, 0) is 6.42 Å². The first kappa shape index (κ1) is 30.4. The molecule has 0 aromatic carbocycles. The molecule has 0 saturated heterocycles. The largest absolute Gasteiger partial charge is 1.00 e. The topological polar surface area (TPSA) is 109 Å². The normalized spacial score (nSPS) is 10.9. The number of nitrogens with one attached hydrogen (secondary N) is 1. The van der Waals surface area contributed by atoms with E-state index in [0.29, 0.717) is 6.42 Å². The third kappa shape index (κ3) is 20.0. The van der Waals surface area contributed by atoms with Gasteiger partial charge >= 0.3 is 103 Å². The Morgan fingerprint density at radius 3 is 1.71 bits per heavy atom. The molecule has 1 amide bonds. The van der Waals surface area contributed by atoms with Crippen molar-refractivity contribution in [3.05, 3.63) is 0 Å². The van der Waals surface area contributed by atoms with Crippen LogP contribution in [-0.2, 0) is 14.4 Å². The predicted molar refractivity (Wildman–Crippen MR) is 78.4 cm³/mol. The quantitative estimate of drug-likeness (QED) is 0.234. The first-order valence-corrected chi connectivity index (χ1v) is 8.17. The molecule has 0 aromatic heterocycles. The smallest absolute Gasteiger partial charge is 0.550 e. The van der Waals surface area contributed by atoms with Gasteiger partial charge in [0.2, 0.25) is 5.91 Å². The molecule has 1 N–H and O–H groups in total. The van der Waals surface area contributed by atoms with Crippen LogP contribution in [0.4, 0.5) is 0 Å². The molecule has 0 spiro atoms. The fourth-order valence-corrected chi connectivity index (χ4v) is 2.22. The van der Waals surface area contributed by atoms with Crippen molar-refractivity contribution in [3.8, 4) is 0 Å². The second-order valence-electron chi connectivity index (χ2n) is 5.59. The maximum Gasteiger partial charge on any atom is 1.00 e. The minimum absolute atomic E-state index is 0. The number of hydrogen-bond acceptors (Lipinski definition) is 5. The van der Waals surface area contributed by atoms with Crippen LogP contribution in [0.25, 0.3) is 0 Å². The van der Waals surface area contributed by atoms with Gasteiger partial charge in [0.05, 0.1) is 12.0 Å². The molecule has 0 aliphatic rings. The number of aliphatic carboxylic acids is 2. The number of carbonyl (C=O) groups is 3. The number of amides is 1. The molecule has 0 radical (unpaired) electrons. The summed E-state index contributed by atoms with van der Waals surface area (Å²) in [5.74, 6) is -3.60. The molecule has 0 aliphatic carbocycles. The van der Waals surface area contributed by atoms with Crippen molar-refractivity contribution in [2.75, 3.05) is 0 Å². The summed E-state index contributed by atoms with van der Waals surface area (Å²) in [5.41, 5.74) is 0. The number of carbonyl (C=O) groups excluding carboxylic acids is 3. The van der Waals surface area contributed by atoms with Crippen molar-refractivity contribution in [1.82, 2.24) is 5.32 Å². The number of rotatable bonds is 14. The van der Waals surface area contributed by atoms with Crippen molar-refractivity contribution in [2.45, 2.75) is 83.6 Å². The van der Waals surface area contributed by atoms with Crippen LogP contribution in [0.5, 0.6) is 0 Å². The van der Waals surface area contributed by atoms with Crippen molar-refractivity contribution in [1.29, 1.82) is 0 Å². The second-order valence-corrected chi connectivity index (χ2v) is 5.59. The van der Waals surface area contributed by atoms with Gasteiger partial charge in [-0.3, -0.25) is 4.79 Å². The van der Waals surface area contributed by atoms with Gasteiger partial charge < -0.3 is 25.1 Å². The van der Waals surface area contributed by atoms with Crippen molar-refractivity contribution >= 4 is 17.8 Å². The van der Waals surface area contributed by atoms with E-state index in [-0.39, 0.29) is 109 Å². The van der Waals surface area contributed by atoms with E-state index < -0.39 is 30.3 Å². The Morgan fingerprint density at radius 1 is 0.833 bits per heavy atom. The van der Waals surface area contributed by atoms with Crippen molar-refractivity contribution in [2.24, 2.45) is 0 Å². The summed E-state index contributed by atoms with van der Waals surface area (Å²) >= 11 is 0. The molecular weight excluding hydrogens is 364 g/mol. The fourth-order valence-electron chi connectivity index (χ4n) is 2.22. The third-order valence-corrected chi connectivity index (χ3v) is 3.50. The van der Waals surface area contributed by atoms with Gasteiger partial charge in [0.15, 0.2) is 0 Å². The van der Waals surface area contributed by atoms with Crippen LogP contribution in [0, 0.1) is 0 Å². The molecule has 1 unspecified atom stereocenters. The Morgan fingerprint density at radius 2 is 1.29 bits per heavy atom. The first-order chi connectivity index (χ1) is 10.5. The molecule has 0 aromatic rings. The van der Waals surface area contributed by atoms with Gasteiger partial charge in [0.25, 0.3) is 0 Å². The van der Waals surface area contributed by atoms with Crippen LogP contribution >= 0.6 is 0 Å². The Balaban J connectivity index is -0.00000220. The first-order valence-electron chi connectivity index (χ1n) is 8.17. The molecule has 6 nitrogen and oxygen atoms in total. The minimum Gasteiger partial charge on any atom is -0.550 e. The number of unbranched alkanes of at least 4 members (excludes halogenated alkanes) is 8. The van der Waals surface area contributed by atoms with E-state index in [9.17, 15) is 24.6 Å². The van der Waals surface area contributed by atoms with Crippen molar-refractivity contribution in [3.63, 3.8) is 0 Å². The zero-order chi connectivity index (χ0) is 16.8. The molecule has 0 rings (SSSR count). The van der Waals surface area contributed by atoms with E-state index in [1.165, 1.54) is 32.1 Å². The van der Waals surface area contributed by atoms with Crippen LogP contribution < -0.4 is 118 Å². The number of carboxylic acid groups (broad SMARTS) is 2. The van der Waals surface area contributed by atoms with E-state index in [1.807, 2.05) is 0 Å². The van der Waals surface area contributed by atoms with E-state index in [2.05, 4.69) is 12.2 Å². The monoisotopic (exact) mass is 391 g/mol. The molecule has 0 aliphatic heterocycles. The minimum atomic E-state index is -1.61. The molecular formula is C16H27K2NO5. The number of hydrogen-bond donors (Lipinski definition) is 1. The average Bonchev–Trinajstić information content (AvgIpc) is 2.44. The maximum absolute atomic E-state index is 11.5. The summed E-state index contributed by atoms with van der Waals surface area (Å²) in [7, 11) is 0. The molecule has 0 bridgehead atoms. The average molecular weight is 392 g/mol. The van der Waals surface area contributed by atoms with Gasteiger partial charge in [0, 0.05) is 18.8 Å². The molecule has 0 heterocycles. The van der Waals surface area contributed by atoms with Gasteiger partial charge in [-0.2, -0.15) is 0 Å². The van der Waals surface area contributed by atoms with Gasteiger partial charge in [-0.15, -0.1) is 0 Å². The van der Waals surface area contributed by atoms with E-state index in [4.69, 9.17) is 0 Å². The predicted octanol–water partition coefficient (Wildman–Crippen LogP) is -5.71. The third-order valence-electron chi connectivity index (χ3n) is 3.50. The molecule has 0 fully saturated rings. The summed E-state index contributed by atoms with van der Waals surface area (Å²) in [6, 6.07) is -1.52. The molecule has 0 saturated carbocycles. The maximum atomic E-state index is 11.5. The van der Waals surface area contributed by atoms with Crippen LogP contribution in [0.1, 0.15) is 77.6 Å². The SMILES string of the molecule is CCCCCCCCCCCC(=O)NC(CC(=O)[O-])C(=O)[O-].[K+].[K+]. The fraction of sp³-hybridized carbons (Fsp3) is 0.812. The molecule has 128 valence electrons. The zero-order valence-corrected chi connectivity index (χ0v) is 21.6. The van der Waals surface area contributed by atoms with E-state index in [0.717, 1.165) is 19.3 Å². The summed E-state index contributed by atoms with van der Waals surface area (Å²) in [5, 5.41) is 23.2. The summed E-state index contributed by atoms with van der Waals surface area (Å²) < 4.78 is 0. The van der Waals surface area contributed by atoms with E-state index in [1.54, 1.807) is 0 Å². The van der Waals surface area contributed by atoms with Gasteiger partial charge in [-0.25, -0.2) is 0 Å². The Labute approximate surface area is 230 Å². The van der Waals surface area contributed by atoms with Gasteiger partial charge in [0.1, 0.15) is 0 Å². The summed E-state index contributed by atoms with van der Waals surface area (Å²) in [6.45, 7) is 2.18. The second kappa shape index (κ2) is 21.0. The van der Waals surface area contributed by atoms with E-state index >= 15 is 0 Å². The van der Waals surface area contributed by atoms with Crippen LogP contribution in [0.15, 0.2) is 0 Å². The zero-order valence-electron chi connectivity index (χ0n) is 15.4. The van der Waals surface area contributed by atoms with Crippen LogP contribution in [0.3, 0.4) is 0 Å². The summed E-state index contributed by atoms with van der Waals surface area (Å²) in [6.07, 6.45) is 9.49. The Kier molecular flexibility index (Phi) is 26.6. The number of carboxylic acids is 2. The molecule has 24 heavy (non-hydrogen) atoms. The standard InChI is InChI=1S/C16H29NO5.2K/c1-2-3-4-5-6-7-8-9-10-11-14(18)17-13(16(21)22)12-15(19)20;;/h13H,2-12H2,1H3,(H,17,18)(H,19,20)(H,21,22);;/q;2*+1/p-2. The Hall–Kier alpha value is 1.68. The molecule has 8 heteroatoms. The molecule has 1 atom stereocenters. The van der Waals surface area contributed by atoms with Crippen LogP contribution in [-0.4, -0.2) is 23.9 Å². The van der Waals surface area contributed by atoms with Gasteiger partial charge in [-0.1, -0.05) is 58.3 Å². The van der Waals surface area contributed by atoms with Crippen molar-refractivity contribution < 1.29 is 127 Å². The van der Waals surface area contributed by atoms with Crippen LogP contribution in [0.2, 0.25) is 0 Å².